The van der Waals surface area contributed by atoms with Crippen LogP contribution in [0.4, 0.5) is 4.79 Å². The molecule has 1 unspecified atom stereocenters. The van der Waals surface area contributed by atoms with Gasteiger partial charge in [0.1, 0.15) is 5.82 Å². The van der Waals surface area contributed by atoms with Crippen LogP contribution in [-0.4, -0.2) is 33.6 Å². The SMILES string of the molecule is CCCCCCN(C(=O)NCCc1ccccc1)C(C)c1nc2ccccc2c(=O)n1-c1cccc(C)c1. The van der Waals surface area contributed by atoms with Crippen LogP contribution in [0.5, 0.6) is 0 Å². The normalized spacial score (nSPS) is 11.9. The number of hydrogen-bond donors (Lipinski definition) is 1. The van der Waals surface area contributed by atoms with Crippen molar-refractivity contribution in [1.29, 1.82) is 0 Å². The summed E-state index contributed by atoms with van der Waals surface area (Å²) in [5.74, 6) is 0.563. The van der Waals surface area contributed by atoms with E-state index in [9.17, 15) is 9.59 Å². The Balaban J connectivity index is 1.69. The topological polar surface area (TPSA) is 67.2 Å². The lowest BCUT2D eigenvalue weighted by Crippen LogP contribution is -2.44. The summed E-state index contributed by atoms with van der Waals surface area (Å²) in [7, 11) is 0. The lowest BCUT2D eigenvalue weighted by Gasteiger charge is -2.31. The van der Waals surface area contributed by atoms with E-state index in [0.29, 0.717) is 29.8 Å². The fraction of sp³-hybridized carbons (Fsp3) is 0.344. The standard InChI is InChI=1S/C32H38N4O2/c1-4-5-6-12-22-35(32(38)33-21-20-26-15-8-7-9-16-26)25(3)30-34-29-19-11-10-18-28(29)31(37)36(30)27-17-13-14-24(2)23-27/h7-11,13-19,23,25H,4-6,12,20-22H2,1-3H3,(H,33,38). The van der Waals surface area contributed by atoms with Gasteiger partial charge in [0.25, 0.3) is 5.56 Å². The third-order valence-electron chi connectivity index (χ3n) is 6.95. The average molecular weight is 511 g/mol. The Bertz CT molecular complexity index is 1410. The fourth-order valence-corrected chi connectivity index (χ4v) is 4.83. The first-order valence-electron chi connectivity index (χ1n) is 13.7. The number of aryl methyl sites for hydroxylation is 1. The van der Waals surface area contributed by atoms with E-state index in [1.807, 2.05) is 85.5 Å². The van der Waals surface area contributed by atoms with Crippen LogP contribution < -0.4 is 10.9 Å². The van der Waals surface area contributed by atoms with Crippen molar-refractivity contribution in [1.82, 2.24) is 19.8 Å². The molecule has 2 amide bonds. The predicted molar refractivity (Wildman–Crippen MR) is 155 cm³/mol. The van der Waals surface area contributed by atoms with Gasteiger partial charge in [-0.25, -0.2) is 9.78 Å². The molecule has 6 nitrogen and oxygen atoms in total. The third-order valence-corrected chi connectivity index (χ3v) is 6.95. The lowest BCUT2D eigenvalue weighted by molar-refractivity contribution is 0.174. The molecular weight excluding hydrogens is 472 g/mol. The van der Waals surface area contributed by atoms with Gasteiger partial charge >= 0.3 is 6.03 Å². The maximum absolute atomic E-state index is 13.8. The molecule has 0 saturated carbocycles. The van der Waals surface area contributed by atoms with E-state index in [1.54, 1.807) is 4.57 Å². The van der Waals surface area contributed by atoms with E-state index < -0.39 is 6.04 Å². The largest absolute Gasteiger partial charge is 0.338 e. The van der Waals surface area contributed by atoms with Crippen LogP contribution in [-0.2, 0) is 6.42 Å². The first-order valence-corrected chi connectivity index (χ1v) is 13.7. The Hall–Kier alpha value is -3.93. The lowest BCUT2D eigenvalue weighted by atomic mass is 10.1. The monoisotopic (exact) mass is 510 g/mol. The maximum Gasteiger partial charge on any atom is 0.318 e. The second-order valence-corrected chi connectivity index (χ2v) is 9.86. The molecular formula is C32H38N4O2. The van der Waals surface area contributed by atoms with E-state index in [1.165, 1.54) is 5.56 Å². The van der Waals surface area contributed by atoms with Crippen molar-refractivity contribution in [2.45, 2.75) is 58.9 Å². The fourth-order valence-electron chi connectivity index (χ4n) is 4.83. The summed E-state index contributed by atoms with van der Waals surface area (Å²) in [6, 6.07) is 24.9. The molecule has 0 aliphatic rings. The summed E-state index contributed by atoms with van der Waals surface area (Å²) >= 11 is 0. The summed E-state index contributed by atoms with van der Waals surface area (Å²) in [6.45, 7) is 7.29. The minimum Gasteiger partial charge on any atom is -0.338 e. The van der Waals surface area contributed by atoms with Crippen LogP contribution in [0.1, 0.15) is 62.5 Å². The van der Waals surface area contributed by atoms with Crippen molar-refractivity contribution < 1.29 is 4.79 Å². The number of unbranched alkanes of at least 4 members (excludes halogenated alkanes) is 3. The van der Waals surface area contributed by atoms with Gasteiger partial charge in [0, 0.05) is 13.1 Å². The minimum atomic E-state index is -0.411. The molecule has 0 radical (unpaired) electrons. The Morgan fingerprint density at radius 2 is 1.74 bits per heavy atom. The van der Waals surface area contributed by atoms with Gasteiger partial charge in [0.2, 0.25) is 0 Å². The second kappa shape index (κ2) is 13.0. The van der Waals surface area contributed by atoms with Crippen molar-refractivity contribution >= 4 is 16.9 Å². The van der Waals surface area contributed by atoms with Crippen LogP contribution in [0.15, 0.2) is 83.7 Å². The van der Waals surface area contributed by atoms with Crippen LogP contribution in [0.2, 0.25) is 0 Å². The number of fused-ring (bicyclic) bond motifs is 1. The molecule has 3 aromatic carbocycles. The Morgan fingerprint density at radius 1 is 0.974 bits per heavy atom. The third kappa shape index (κ3) is 6.49. The van der Waals surface area contributed by atoms with Gasteiger partial charge in [-0.1, -0.05) is 80.8 Å². The van der Waals surface area contributed by atoms with Gasteiger partial charge in [-0.2, -0.15) is 0 Å². The van der Waals surface area contributed by atoms with Gasteiger partial charge in [-0.3, -0.25) is 9.36 Å². The molecule has 198 valence electrons. The van der Waals surface area contributed by atoms with Crippen LogP contribution >= 0.6 is 0 Å². The summed E-state index contributed by atoms with van der Waals surface area (Å²) in [5, 5.41) is 3.68. The molecule has 0 spiro atoms. The number of nitrogens with zero attached hydrogens (tertiary/aromatic N) is 3. The zero-order valence-corrected chi connectivity index (χ0v) is 22.7. The molecule has 1 heterocycles. The van der Waals surface area contributed by atoms with Gasteiger partial charge in [0.15, 0.2) is 0 Å². The highest BCUT2D eigenvalue weighted by Gasteiger charge is 2.26. The van der Waals surface area contributed by atoms with Crippen molar-refractivity contribution in [3.05, 3.63) is 106 Å². The molecule has 0 aliphatic heterocycles. The Labute approximate surface area is 225 Å². The maximum atomic E-state index is 13.8. The van der Waals surface area contributed by atoms with Crippen molar-refractivity contribution in [2.24, 2.45) is 0 Å². The van der Waals surface area contributed by atoms with Crippen LogP contribution in [0.3, 0.4) is 0 Å². The number of benzene rings is 3. The summed E-state index contributed by atoms with van der Waals surface area (Å²) in [4.78, 5) is 34.1. The molecule has 4 aromatic rings. The molecule has 0 fully saturated rings. The Kier molecular flexibility index (Phi) is 9.30. The van der Waals surface area contributed by atoms with Gasteiger partial charge < -0.3 is 10.2 Å². The molecule has 0 bridgehead atoms. The number of rotatable bonds is 11. The van der Waals surface area contributed by atoms with E-state index in [0.717, 1.165) is 43.4 Å². The van der Waals surface area contributed by atoms with Gasteiger partial charge in [0.05, 0.1) is 22.6 Å². The number of carbonyl (C=O) groups is 1. The first-order chi connectivity index (χ1) is 18.5. The van der Waals surface area contributed by atoms with Crippen molar-refractivity contribution in [2.75, 3.05) is 13.1 Å². The number of aromatic nitrogens is 2. The smallest absolute Gasteiger partial charge is 0.318 e. The van der Waals surface area contributed by atoms with E-state index in [-0.39, 0.29) is 11.6 Å². The first kappa shape index (κ1) is 27.1. The van der Waals surface area contributed by atoms with E-state index in [2.05, 4.69) is 24.4 Å². The predicted octanol–water partition coefficient (Wildman–Crippen LogP) is 6.59. The van der Waals surface area contributed by atoms with Crippen LogP contribution in [0, 0.1) is 6.92 Å². The van der Waals surface area contributed by atoms with Crippen molar-refractivity contribution in [3.8, 4) is 5.69 Å². The van der Waals surface area contributed by atoms with E-state index in [4.69, 9.17) is 4.98 Å². The molecule has 1 aromatic heterocycles. The molecule has 0 saturated heterocycles. The highest BCUT2D eigenvalue weighted by atomic mass is 16.2. The molecule has 38 heavy (non-hydrogen) atoms. The zero-order chi connectivity index (χ0) is 26.9. The number of hydrogen-bond acceptors (Lipinski definition) is 3. The number of nitrogens with one attached hydrogen (secondary N) is 1. The summed E-state index contributed by atoms with van der Waals surface area (Å²) < 4.78 is 1.68. The quantitative estimate of drug-likeness (QED) is 0.232. The molecule has 1 N–H and O–H groups in total. The van der Waals surface area contributed by atoms with Gasteiger partial charge in [-0.05, 0) is 62.1 Å². The number of carbonyl (C=O) groups excluding carboxylic acids is 1. The van der Waals surface area contributed by atoms with Crippen LogP contribution in [0.25, 0.3) is 16.6 Å². The molecule has 0 aliphatic carbocycles. The highest BCUT2D eigenvalue weighted by molar-refractivity contribution is 5.78. The second-order valence-electron chi connectivity index (χ2n) is 9.86. The average Bonchev–Trinajstić information content (AvgIpc) is 2.93. The van der Waals surface area contributed by atoms with E-state index >= 15 is 0 Å². The number of amides is 2. The summed E-state index contributed by atoms with van der Waals surface area (Å²) in [5.41, 5.74) is 3.50. The Morgan fingerprint density at radius 3 is 2.50 bits per heavy atom. The summed E-state index contributed by atoms with van der Waals surface area (Å²) in [6.07, 6.45) is 4.95. The zero-order valence-electron chi connectivity index (χ0n) is 22.7. The molecule has 6 heteroatoms. The number of urea groups is 1. The molecule has 4 rings (SSSR count). The molecule has 1 atom stereocenters. The van der Waals surface area contributed by atoms with Crippen molar-refractivity contribution in [3.63, 3.8) is 0 Å². The number of para-hydroxylation sites is 1. The van der Waals surface area contributed by atoms with Gasteiger partial charge in [-0.15, -0.1) is 0 Å². The highest BCUT2D eigenvalue weighted by Crippen LogP contribution is 2.24. The minimum absolute atomic E-state index is 0.126.